The molecule has 5 heteroatoms. The van der Waals surface area contributed by atoms with Gasteiger partial charge in [0.2, 0.25) is 0 Å². The molecular formula is C12H18N4S. The fraction of sp³-hybridized carbons (Fsp3) is 0.667. The van der Waals surface area contributed by atoms with Crippen molar-refractivity contribution in [2.75, 3.05) is 5.75 Å². The van der Waals surface area contributed by atoms with Crippen LogP contribution in [0.4, 0.5) is 0 Å². The molecule has 1 aliphatic carbocycles. The molecule has 0 amide bonds. The van der Waals surface area contributed by atoms with Gasteiger partial charge in [-0.05, 0) is 32.6 Å². The number of nitrogens with zero attached hydrogens (tertiary/aromatic N) is 2. The first-order chi connectivity index (χ1) is 8.22. The Bertz CT molecular complexity index is 380. The van der Waals surface area contributed by atoms with Gasteiger partial charge in [0.1, 0.15) is 5.54 Å². The van der Waals surface area contributed by atoms with E-state index in [1.54, 1.807) is 18.0 Å². The van der Waals surface area contributed by atoms with Crippen molar-refractivity contribution in [3.63, 3.8) is 0 Å². The topological polar surface area (TPSA) is 64.5 Å². The van der Waals surface area contributed by atoms with Gasteiger partial charge in [-0.15, -0.1) is 0 Å². The number of nitriles is 1. The Morgan fingerprint density at radius 3 is 3.12 bits per heavy atom. The van der Waals surface area contributed by atoms with Gasteiger partial charge < -0.3 is 4.98 Å². The lowest BCUT2D eigenvalue weighted by atomic mass is 9.98. The van der Waals surface area contributed by atoms with Gasteiger partial charge in [-0.25, -0.2) is 4.98 Å². The summed E-state index contributed by atoms with van der Waals surface area (Å²) in [5.74, 6) is 0.997. The highest BCUT2D eigenvalue weighted by Crippen LogP contribution is 2.25. The molecule has 0 bridgehead atoms. The number of hydrogen-bond acceptors (Lipinski definition) is 4. The molecule has 0 aromatic carbocycles. The Hall–Kier alpha value is -0.990. The van der Waals surface area contributed by atoms with Crippen molar-refractivity contribution in [3.05, 3.63) is 12.4 Å². The quantitative estimate of drug-likeness (QED) is 0.576. The predicted molar refractivity (Wildman–Crippen MR) is 68.7 cm³/mol. The van der Waals surface area contributed by atoms with Crippen molar-refractivity contribution in [1.29, 1.82) is 5.26 Å². The van der Waals surface area contributed by atoms with Crippen molar-refractivity contribution in [3.8, 4) is 6.07 Å². The van der Waals surface area contributed by atoms with E-state index in [0.29, 0.717) is 6.04 Å². The minimum absolute atomic E-state index is 0.356. The average Bonchev–Trinajstić information content (AvgIpc) is 2.97. The molecule has 1 heterocycles. The van der Waals surface area contributed by atoms with Crippen LogP contribution in [0.3, 0.4) is 0 Å². The number of rotatable bonds is 7. The van der Waals surface area contributed by atoms with E-state index in [4.69, 9.17) is 0 Å². The van der Waals surface area contributed by atoms with Crippen LogP contribution in [0.15, 0.2) is 17.6 Å². The van der Waals surface area contributed by atoms with E-state index in [2.05, 4.69) is 21.4 Å². The largest absolute Gasteiger partial charge is 0.340 e. The molecule has 0 aliphatic heterocycles. The summed E-state index contributed by atoms with van der Waals surface area (Å²) in [5, 5.41) is 13.6. The molecule has 0 saturated heterocycles. The van der Waals surface area contributed by atoms with Gasteiger partial charge in [0.05, 0.1) is 6.07 Å². The highest BCUT2D eigenvalue weighted by atomic mass is 32.2. The lowest BCUT2D eigenvalue weighted by molar-refractivity contribution is 0.411. The van der Waals surface area contributed by atoms with Gasteiger partial charge in [0, 0.05) is 24.2 Å². The fourth-order valence-corrected chi connectivity index (χ4v) is 2.53. The number of hydrogen-bond donors (Lipinski definition) is 2. The maximum absolute atomic E-state index is 9.21. The second-order valence-corrected chi connectivity index (χ2v) is 5.79. The van der Waals surface area contributed by atoms with Gasteiger partial charge >= 0.3 is 0 Å². The van der Waals surface area contributed by atoms with E-state index in [1.807, 2.05) is 13.1 Å². The number of aromatic amines is 1. The maximum atomic E-state index is 9.21. The summed E-state index contributed by atoms with van der Waals surface area (Å²) in [6, 6.07) is 2.98. The highest BCUT2D eigenvalue weighted by Gasteiger charge is 2.31. The summed E-state index contributed by atoms with van der Waals surface area (Å²) in [7, 11) is 0. The Kier molecular flexibility index (Phi) is 4.08. The maximum Gasteiger partial charge on any atom is 0.165 e. The van der Waals surface area contributed by atoms with E-state index in [-0.39, 0.29) is 5.54 Å². The van der Waals surface area contributed by atoms with Crippen LogP contribution >= 0.6 is 11.8 Å². The van der Waals surface area contributed by atoms with Gasteiger partial charge in [0.25, 0.3) is 0 Å². The summed E-state index contributed by atoms with van der Waals surface area (Å²) >= 11 is 1.71. The molecular weight excluding hydrogens is 232 g/mol. The molecule has 1 atom stereocenters. The fourth-order valence-electron chi connectivity index (χ4n) is 1.76. The molecule has 0 radical (unpaired) electrons. The summed E-state index contributed by atoms with van der Waals surface area (Å²) < 4.78 is 0. The zero-order valence-corrected chi connectivity index (χ0v) is 10.9. The first-order valence-electron chi connectivity index (χ1n) is 6.03. The monoisotopic (exact) mass is 250 g/mol. The Morgan fingerprint density at radius 1 is 1.71 bits per heavy atom. The molecule has 17 heavy (non-hydrogen) atoms. The summed E-state index contributed by atoms with van der Waals surface area (Å²) in [4.78, 5) is 7.22. The number of H-pyrrole nitrogens is 1. The molecule has 1 aromatic heterocycles. The summed E-state index contributed by atoms with van der Waals surface area (Å²) in [6.07, 6.45) is 7.95. The number of imidazole rings is 1. The van der Waals surface area contributed by atoms with Crippen LogP contribution in [0.2, 0.25) is 0 Å². The third-order valence-electron chi connectivity index (χ3n) is 2.88. The molecule has 0 spiro atoms. The zero-order valence-electron chi connectivity index (χ0n) is 10.1. The Balaban J connectivity index is 1.67. The molecule has 1 saturated carbocycles. The van der Waals surface area contributed by atoms with Crippen LogP contribution in [0, 0.1) is 11.3 Å². The Morgan fingerprint density at radius 2 is 2.53 bits per heavy atom. The number of nitrogens with one attached hydrogen (secondary N) is 2. The van der Waals surface area contributed by atoms with Crippen LogP contribution in [0.1, 0.15) is 32.6 Å². The number of aromatic nitrogens is 2. The standard InChI is InChI=1S/C12H18N4S/c1-12(9-13,16-10-3-4-10)5-2-8-17-11-14-6-7-15-11/h6-7,10,16H,2-5,8H2,1H3,(H,14,15). The van der Waals surface area contributed by atoms with Crippen LogP contribution in [-0.2, 0) is 0 Å². The van der Waals surface area contributed by atoms with Crippen LogP contribution < -0.4 is 5.32 Å². The van der Waals surface area contributed by atoms with Crippen LogP contribution in [-0.4, -0.2) is 27.3 Å². The molecule has 92 valence electrons. The average molecular weight is 250 g/mol. The van der Waals surface area contributed by atoms with Crippen LogP contribution in [0.25, 0.3) is 0 Å². The SMILES string of the molecule is CC(C#N)(CCCSc1ncc[nH]1)NC1CC1. The Labute approximate surface area is 106 Å². The first kappa shape index (κ1) is 12.5. The highest BCUT2D eigenvalue weighted by molar-refractivity contribution is 7.99. The van der Waals surface area contributed by atoms with Crippen molar-refractivity contribution in [1.82, 2.24) is 15.3 Å². The summed E-state index contributed by atoms with van der Waals surface area (Å²) in [6.45, 7) is 2.00. The smallest absolute Gasteiger partial charge is 0.165 e. The van der Waals surface area contributed by atoms with Gasteiger partial charge in [0.15, 0.2) is 5.16 Å². The minimum atomic E-state index is -0.356. The lowest BCUT2D eigenvalue weighted by Gasteiger charge is -2.22. The van der Waals surface area contributed by atoms with E-state index < -0.39 is 0 Å². The van der Waals surface area contributed by atoms with Gasteiger partial charge in [-0.3, -0.25) is 5.32 Å². The molecule has 1 unspecified atom stereocenters. The second-order valence-electron chi connectivity index (χ2n) is 4.71. The van der Waals surface area contributed by atoms with Crippen LogP contribution in [0.5, 0.6) is 0 Å². The first-order valence-corrected chi connectivity index (χ1v) is 7.01. The third-order valence-corrected chi connectivity index (χ3v) is 3.87. The minimum Gasteiger partial charge on any atom is -0.340 e. The number of thioether (sulfide) groups is 1. The predicted octanol–water partition coefficient (Wildman–Crippen LogP) is 2.32. The van der Waals surface area contributed by atoms with E-state index in [0.717, 1.165) is 23.8 Å². The third kappa shape index (κ3) is 4.06. The normalized spacial score (nSPS) is 18.6. The van der Waals surface area contributed by atoms with Crippen molar-refractivity contribution < 1.29 is 0 Å². The molecule has 1 aliphatic rings. The second kappa shape index (κ2) is 5.56. The van der Waals surface area contributed by atoms with Gasteiger partial charge in [-0.1, -0.05) is 11.8 Å². The van der Waals surface area contributed by atoms with Gasteiger partial charge in [-0.2, -0.15) is 5.26 Å². The zero-order chi connectivity index (χ0) is 12.1. The van der Waals surface area contributed by atoms with E-state index in [9.17, 15) is 5.26 Å². The van der Waals surface area contributed by atoms with Crippen molar-refractivity contribution in [2.45, 2.75) is 49.3 Å². The van der Waals surface area contributed by atoms with E-state index >= 15 is 0 Å². The molecule has 1 fully saturated rings. The van der Waals surface area contributed by atoms with E-state index in [1.165, 1.54) is 12.8 Å². The molecule has 2 rings (SSSR count). The lowest BCUT2D eigenvalue weighted by Crippen LogP contribution is -2.42. The van der Waals surface area contributed by atoms with Crippen molar-refractivity contribution >= 4 is 11.8 Å². The molecule has 4 nitrogen and oxygen atoms in total. The molecule has 2 N–H and O–H groups in total. The summed E-state index contributed by atoms with van der Waals surface area (Å²) in [5.41, 5.74) is -0.356. The molecule has 1 aromatic rings. The van der Waals surface area contributed by atoms with Crippen molar-refractivity contribution in [2.24, 2.45) is 0 Å².